The van der Waals surface area contributed by atoms with Crippen LogP contribution in [0.1, 0.15) is 29.3 Å². The predicted molar refractivity (Wildman–Crippen MR) is 134 cm³/mol. The van der Waals surface area contributed by atoms with Gasteiger partial charge in [-0.25, -0.2) is 4.98 Å². The second-order valence-corrected chi connectivity index (χ2v) is 8.72. The van der Waals surface area contributed by atoms with Gasteiger partial charge in [0.2, 0.25) is 0 Å². The van der Waals surface area contributed by atoms with E-state index in [-0.39, 0.29) is 0 Å². The summed E-state index contributed by atoms with van der Waals surface area (Å²) in [5.41, 5.74) is 7.09. The Labute approximate surface area is 206 Å². The third-order valence-electron chi connectivity index (χ3n) is 6.35. The zero-order valence-corrected chi connectivity index (χ0v) is 20.1. The van der Waals surface area contributed by atoms with Crippen LogP contribution < -0.4 is 5.32 Å². The number of H-pyrrole nitrogens is 2. The van der Waals surface area contributed by atoms with Gasteiger partial charge in [0.05, 0.1) is 16.8 Å². The minimum absolute atomic E-state index is 0.543. The molecule has 0 bridgehead atoms. The molecule has 0 spiro atoms. The van der Waals surface area contributed by atoms with E-state index >= 15 is 0 Å². The zero-order chi connectivity index (χ0) is 25.4. The second-order valence-electron chi connectivity index (χ2n) is 8.72. The van der Waals surface area contributed by atoms with Gasteiger partial charge in [0, 0.05) is 41.1 Å². The molecule has 36 heavy (non-hydrogen) atoms. The highest BCUT2D eigenvalue weighted by Gasteiger charge is 2.30. The van der Waals surface area contributed by atoms with Crippen LogP contribution in [0.15, 0.2) is 54.9 Å². The maximum absolute atomic E-state index is 13.0. The molecule has 2 aromatic carbocycles. The molecular formula is C27H25F3N6. The first-order chi connectivity index (χ1) is 17.3. The van der Waals surface area contributed by atoms with Crippen LogP contribution in [0.4, 0.5) is 13.2 Å². The molecule has 3 N–H and O–H groups in total. The zero-order valence-electron chi connectivity index (χ0n) is 20.1. The van der Waals surface area contributed by atoms with Gasteiger partial charge in [-0.15, -0.1) is 0 Å². The Morgan fingerprint density at radius 3 is 2.42 bits per heavy atom. The standard InChI is InChI=1S/C27H25F3N6/c1-4-31-12-19-13-32-14-22(15(19)2)18-7-10-23-21(11-18)25(36-35-23)26-33-16(3)24(34-26)17-5-8-20(9-6-17)27(28,29)30/h5-11,13-14,31H,4,12H2,1-3H3,(H,33,34)(H,35,36). The van der Waals surface area contributed by atoms with E-state index in [1.54, 1.807) is 0 Å². The summed E-state index contributed by atoms with van der Waals surface area (Å²) in [4.78, 5) is 12.4. The summed E-state index contributed by atoms with van der Waals surface area (Å²) in [6.07, 6.45) is -0.626. The lowest BCUT2D eigenvalue weighted by Crippen LogP contribution is -2.13. The molecule has 0 aliphatic carbocycles. The fourth-order valence-corrected chi connectivity index (χ4v) is 4.33. The number of aryl methyl sites for hydroxylation is 1. The maximum atomic E-state index is 13.0. The van der Waals surface area contributed by atoms with E-state index in [0.717, 1.165) is 64.1 Å². The monoisotopic (exact) mass is 490 g/mol. The normalized spacial score (nSPS) is 11.9. The van der Waals surface area contributed by atoms with Gasteiger partial charge in [-0.2, -0.15) is 18.3 Å². The van der Waals surface area contributed by atoms with Gasteiger partial charge in [-0.3, -0.25) is 10.1 Å². The second kappa shape index (κ2) is 9.23. The number of benzene rings is 2. The van der Waals surface area contributed by atoms with E-state index in [1.165, 1.54) is 12.1 Å². The number of nitrogens with one attached hydrogen (secondary N) is 3. The predicted octanol–water partition coefficient (Wildman–Crippen LogP) is 6.43. The molecule has 3 aromatic heterocycles. The summed E-state index contributed by atoms with van der Waals surface area (Å²) in [6, 6.07) is 11.1. The maximum Gasteiger partial charge on any atom is 0.416 e. The number of rotatable bonds is 6. The molecule has 184 valence electrons. The molecular weight excluding hydrogens is 465 g/mol. The van der Waals surface area contributed by atoms with Crippen LogP contribution in [0.5, 0.6) is 0 Å². The van der Waals surface area contributed by atoms with E-state index < -0.39 is 11.7 Å². The number of halogens is 3. The van der Waals surface area contributed by atoms with E-state index in [0.29, 0.717) is 22.8 Å². The molecule has 5 rings (SSSR count). The van der Waals surface area contributed by atoms with Gasteiger partial charge in [-0.05, 0) is 61.3 Å². The van der Waals surface area contributed by atoms with Gasteiger partial charge >= 0.3 is 6.18 Å². The number of nitrogens with zero attached hydrogens (tertiary/aromatic N) is 3. The van der Waals surface area contributed by atoms with Gasteiger partial charge < -0.3 is 10.3 Å². The van der Waals surface area contributed by atoms with Crippen LogP contribution in [0.25, 0.3) is 44.8 Å². The number of imidazole rings is 1. The van der Waals surface area contributed by atoms with Gasteiger partial charge in [0.25, 0.3) is 0 Å². The van der Waals surface area contributed by atoms with E-state index in [4.69, 9.17) is 4.98 Å². The van der Waals surface area contributed by atoms with Crippen molar-refractivity contribution < 1.29 is 13.2 Å². The highest BCUT2D eigenvalue weighted by atomic mass is 19.4. The number of hydrogen-bond donors (Lipinski definition) is 3. The summed E-state index contributed by atoms with van der Waals surface area (Å²) in [7, 11) is 0. The molecule has 0 aliphatic rings. The molecule has 3 heterocycles. The third-order valence-corrected chi connectivity index (χ3v) is 6.35. The summed E-state index contributed by atoms with van der Waals surface area (Å²) in [6.45, 7) is 7.64. The number of aromatic amines is 2. The highest BCUT2D eigenvalue weighted by Crippen LogP contribution is 2.34. The summed E-state index contributed by atoms with van der Waals surface area (Å²) < 4.78 is 38.9. The first kappa shape index (κ1) is 23.7. The lowest BCUT2D eigenvalue weighted by atomic mass is 9.98. The molecule has 0 amide bonds. The minimum Gasteiger partial charge on any atom is -0.340 e. The number of aromatic nitrogens is 5. The Kier molecular flexibility index (Phi) is 6.09. The fraction of sp³-hybridized carbons (Fsp3) is 0.222. The van der Waals surface area contributed by atoms with Gasteiger partial charge in [-0.1, -0.05) is 25.1 Å². The Hall–Kier alpha value is -3.98. The molecule has 0 saturated carbocycles. The van der Waals surface area contributed by atoms with Crippen LogP contribution >= 0.6 is 0 Å². The topological polar surface area (TPSA) is 82.3 Å². The van der Waals surface area contributed by atoms with Gasteiger partial charge in [0.15, 0.2) is 5.82 Å². The van der Waals surface area contributed by atoms with Crippen molar-refractivity contribution in [1.82, 2.24) is 30.5 Å². The van der Waals surface area contributed by atoms with Crippen molar-refractivity contribution in [2.75, 3.05) is 6.54 Å². The summed E-state index contributed by atoms with van der Waals surface area (Å²) in [5.74, 6) is 0.543. The Morgan fingerprint density at radius 2 is 1.69 bits per heavy atom. The van der Waals surface area contributed by atoms with Gasteiger partial charge in [0.1, 0.15) is 5.69 Å². The summed E-state index contributed by atoms with van der Waals surface area (Å²) in [5, 5.41) is 11.8. The molecule has 0 fully saturated rings. The van der Waals surface area contributed by atoms with Crippen LogP contribution in [0.3, 0.4) is 0 Å². The molecule has 0 unspecified atom stereocenters. The van der Waals surface area contributed by atoms with Crippen LogP contribution in [0, 0.1) is 13.8 Å². The number of fused-ring (bicyclic) bond motifs is 1. The summed E-state index contributed by atoms with van der Waals surface area (Å²) >= 11 is 0. The molecule has 0 saturated heterocycles. The SMILES string of the molecule is CCNCc1cncc(-c2ccc3[nH]nc(-c4nc(-c5ccc(C(F)(F)F)cc5)c(C)[nH]4)c3c2)c1C. The van der Waals surface area contributed by atoms with Crippen molar-refractivity contribution in [2.24, 2.45) is 0 Å². The average Bonchev–Trinajstić information content (AvgIpc) is 3.45. The number of hydrogen-bond acceptors (Lipinski definition) is 4. The van der Waals surface area contributed by atoms with Crippen molar-refractivity contribution >= 4 is 10.9 Å². The third kappa shape index (κ3) is 4.37. The minimum atomic E-state index is -4.38. The van der Waals surface area contributed by atoms with Crippen LogP contribution in [-0.2, 0) is 12.7 Å². The number of pyridine rings is 1. The number of alkyl halides is 3. The Balaban J connectivity index is 1.53. The van der Waals surface area contributed by atoms with Crippen LogP contribution in [0.2, 0.25) is 0 Å². The van der Waals surface area contributed by atoms with E-state index in [2.05, 4.69) is 45.4 Å². The molecule has 5 aromatic rings. The molecule has 6 nitrogen and oxygen atoms in total. The lowest BCUT2D eigenvalue weighted by molar-refractivity contribution is -0.137. The molecule has 0 atom stereocenters. The Bertz CT molecular complexity index is 1530. The van der Waals surface area contributed by atoms with Crippen molar-refractivity contribution in [3.8, 4) is 33.9 Å². The van der Waals surface area contributed by atoms with Crippen LogP contribution in [-0.4, -0.2) is 31.7 Å². The molecule has 9 heteroatoms. The largest absolute Gasteiger partial charge is 0.416 e. The van der Waals surface area contributed by atoms with Crippen molar-refractivity contribution in [3.63, 3.8) is 0 Å². The molecule has 0 radical (unpaired) electrons. The Morgan fingerprint density at radius 1 is 0.944 bits per heavy atom. The van der Waals surface area contributed by atoms with Crippen molar-refractivity contribution in [2.45, 2.75) is 33.5 Å². The smallest absolute Gasteiger partial charge is 0.340 e. The van der Waals surface area contributed by atoms with Crippen molar-refractivity contribution in [1.29, 1.82) is 0 Å². The van der Waals surface area contributed by atoms with E-state index in [9.17, 15) is 13.2 Å². The average molecular weight is 491 g/mol. The first-order valence-corrected chi connectivity index (χ1v) is 11.6. The van der Waals surface area contributed by atoms with E-state index in [1.807, 2.05) is 31.5 Å². The highest BCUT2D eigenvalue weighted by molar-refractivity contribution is 5.95. The van der Waals surface area contributed by atoms with Crippen molar-refractivity contribution in [3.05, 3.63) is 77.2 Å². The molecule has 0 aliphatic heterocycles. The lowest BCUT2D eigenvalue weighted by Gasteiger charge is -2.11. The fourth-order valence-electron chi connectivity index (χ4n) is 4.33. The quantitative estimate of drug-likeness (QED) is 0.256. The first-order valence-electron chi connectivity index (χ1n) is 11.6.